The second kappa shape index (κ2) is 12.7. The van der Waals surface area contributed by atoms with Crippen molar-refractivity contribution in [3.63, 3.8) is 0 Å². The molecule has 0 N–H and O–H groups in total. The summed E-state index contributed by atoms with van der Waals surface area (Å²) in [6.07, 6.45) is 1.09. The Morgan fingerprint density at radius 2 is 1.25 bits per heavy atom. The Bertz CT molecular complexity index is 3320. The van der Waals surface area contributed by atoms with E-state index in [2.05, 4.69) is 156 Å². The van der Waals surface area contributed by atoms with Crippen molar-refractivity contribution in [3.8, 4) is 0 Å². The average Bonchev–Trinajstić information content (AvgIpc) is 3.83. The van der Waals surface area contributed by atoms with Crippen LogP contribution in [0, 0.1) is 17.5 Å². The first-order valence-corrected chi connectivity index (χ1v) is 20.9. The largest absolute Gasteiger partial charge is 0.337 e. The number of fused-ring (bicyclic) bond motifs is 12. The molecular formula is C53H61IrN5-2. The van der Waals surface area contributed by atoms with Crippen LogP contribution in [-0.2, 0) is 52.6 Å². The molecule has 0 spiro atoms. The van der Waals surface area contributed by atoms with Crippen LogP contribution in [0.3, 0.4) is 0 Å². The molecule has 0 fully saturated rings. The van der Waals surface area contributed by atoms with Crippen molar-refractivity contribution in [1.29, 1.82) is 0 Å². The van der Waals surface area contributed by atoms with E-state index in [1.165, 1.54) is 11.1 Å². The topological polar surface area (TPSA) is 47.5 Å². The van der Waals surface area contributed by atoms with E-state index in [9.17, 15) is 2.74 Å². The van der Waals surface area contributed by atoms with E-state index in [1.54, 1.807) is 0 Å². The molecule has 309 valence electrons. The minimum atomic E-state index is -0.303. The maximum absolute atomic E-state index is 9.48. The van der Waals surface area contributed by atoms with E-state index in [0.29, 0.717) is 34.2 Å². The van der Waals surface area contributed by atoms with Crippen molar-refractivity contribution in [2.75, 3.05) is 0 Å². The number of nitrogens with zero attached hydrogens (tertiary/aromatic N) is 5. The van der Waals surface area contributed by atoms with Gasteiger partial charge in [-0.2, -0.15) is 0 Å². The summed E-state index contributed by atoms with van der Waals surface area (Å²) in [5.74, 6) is 0.798. The SMILES string of the molecule is [2H]c1[c-]c2c(nc(C(C)(C)C)n3c4cc5c(cc4nc23)C(C)(C)CC5(C)C)c([2H])c1[2H].[2H]c1c2c(c([2H])c3c1nc1c4[c-]cccc4cc(C(C)(C)C)n13)C(C)(C)C(C)(C)C2(C)C.[Ir]. The summed E-state index contributed by atoms with van der Waals surface area (Å²) in [6, 6.07) is 19.8. The van der Waals surface area contributed by atoms with Gasteiger partial charge in [-0.1, -0.05) is 122 Å². The van der Waals surface area contributed by atoms with Gasteiger partial charge in [-0.15, -0.1) is 59.2 Å². The van der Waals surface area contributed by atoms with Gasteiger partial charge in [-0.05, 0) is 86.9 Å². The number of rotatable bonds is 0. The van der Waals surface area contributed by atoms with Crippen molar-refractivity contribution in [2.45, 2.75) is 150 Å². The van der Waals surface area contributed by atoms with Crippen LogP contribution in [0.1, 0.15) is 158 Å². The third-order valence-corrected chi connectivity index (χ3v) is 14.5. The molecule has 0 saturated carbocycles. The van der Waals surface area contributed by atoms with Crippen LogP contribution < -0.4 is 0 Å². The van der Waals surface area contributed by atoms with E-state index in [4.69, 9.17) is 19.1 Å². The molecule has 4 heterocycles. The monoisotopic (exact) mass is 965 g/mol. The molecule has 1 radical (unpaired) electrons. The molecule has 0 saturated heterocycles. The number of imidazole rings is 2. The molecule has 2 aliphatic rings. The van der Waals surface area contributed by atoms with Crippen molar-refractivity contribution in [3.05, 3.63) is 113 Å². The fourth-order valence-electron chi connectivity index (χ4n) is 10.4. The van der Waals surface area contributed by atoms with Crippen molar-refractivity contribution < 1.29 is 27.0 Å². The zero-order valence-corrected chi connectivity index (χ0v) is 40.1. The molecule has 4 aromatic carbocycles. The van der Waals surface area contributed by atoms with Crippen LogP contribution in [0.15, 0.2) is 66.6 Å². The Kier molecular flexibility index (Phi) is 7.67. The van der Waals surface area contributed by atoms with Gasteiger partial charge in [-0.25, -0.2) is 0 Å². The predicted octanol–water partition coefficient (Wildman–Crippen LogP) is 13.4. The van der Waals surface area contributed by atoms with Gasteiger partial charge in [0, 0.05) is 39.4 Å². The van der Waals surface area contributed by atoms with Crippen LogP contribution >= 0.6 is 0 Å². The number of hydrogen-bond donors (Lipinski definition) is 0. The first kappa shape index (κ1) is 35.6. The number of aromatic nitrogens is 5. The molecule has 2 aliphatic carbocycles. The summed E-state index contributed by atoms with van der Waals surface area (Å²) in [5.41, 5.74) is 9.98. The van der Waals surface area contributed by atoms with Crippen LogP contribution in [0.2, 0.25) is 0 Å². The molecule has 8 aromatic rings. The molecule has 0 aliphatic heterocycles. The van der Waals surface area contributed by atoms with Gasteiger partial charge in [0.1, 0.15) is 5.82 Å². The van der Waals surface area contributed by atoms with Crippen molar-refractivity contribution >= 4 is 55.0 Å². The minimum absolute atomic E-state index is 0. The Morgan fingerprint density at radius 1 is 0.644 bits per heavy atom. The van der Waals surface area contributed by atoms with Gasteiger partial charge in [-0.3, -0.25) is 15.0 Å². The zero-order chi connectivity index (χ0) is 46.3. The van der Waals surface area contributed by atoms with Gasteiger partial charge in [0.05, 0.1) is 36.1 Å². The van der Waals surface area contributed by atoms with Crippen LogP contribution in [0.4, 0.5) is 0 Å². The summed E-state index contributed by atoms with van der Waals surface area (Å²) in [4.78, 5) is 14.9. The summed E-state index contributed by atoms with van der Waals surface area (Å²) in [6.45, 7) is 35.5. The molecule has 0 atom stereocenters. The van der Waals surface area contributed by atoms with Gasteiger partial charge in [0.25, 0.3) is 0 Å². The second-order valence-electron chi connectivity index (χ2n) is 22.1. The predicted molar refractivity (Wildman–Crippen MR) is 244 cm³/mol. The molecule has 4 aromatic heterocycles. The normalized spacial score (nSPS) is 19.8. The molecule has 0 unspecified atom stereocenters. The number of pyridine rings is 1. The summed E-state index contributed by atoms with van der Waals surface area (Å²) in [5, 5.41) is 2.57. The van der Waals surface area contributed by atoms with Crippen LogP contribution in [0.25, 0.3) is 55.0 Å². The van der Waals surface area contributed by atoms with Gasteiger partial charge in [0.15, 0.2) is 0 Å². The third-order valence-electron chi connectivity index (χ3n) is 14.5. The standard InChI is InChI=1S/C28H33N2.C25H28N3.Ir/c1-25(2,3)23-14-17-12-10-11-13-18(17)24-29-21-15-19-20(16-22(21)30(23)24)27(6,7)28(8,9)26(19,4)5;1-23(2,3)22-27-18-11-9-8-10-15(18)21-26-19-12-16-17(13-20(19)28(21)22)25(6,7)14-24(16,4)5;/h10-12,14-16H,1-9H3;8-9,11-13H,14H2,1-7H3;/q2*-1;/i15D,16D;8D,9D,11D;. The Balaban J connectivity index is 0.000000172. The molecule has 59 heavy (non-hydrogen) atoms. The van der Waals surface area contributed by atoms with E-state index in [-0.39, 0.29) is 76.1 Å². The molecule has 10 rings (SSSR count). The van der Waals surface area contributed by atoms with E-state index >= 15 is 0 Å². The Morgan fingerprint density at radius 3 is 1.90 bits per heavy atom. The summed E-state index contributed by atoms with van der Waals surface area (Å²) < 4.78 is 47.6. The van der Waals surface area contributed by atoms with Crippen molar-refractivity contribution in [2.24, 2.45) is 5.41 Å². The van der Waals surface area contributed by atoms with Gasteiger partial charge >= 0.3 is 0 Å². The van der Waals surface area contributed by atoms with Gasteiger partial charge in [0.2, 0.25) is 0 Å². The minimum Gasteiger partial charge on any atom is -0.337 e. The molecular weight excluding hydrogens is 899 g/mol. The molecule has 6 heteroatoms. The summed E-state index contributed by atoms with van der Waals surface area (Å²) >= 11 is 0. The maximum atomic E-state index is 9.48. The Hall–Kier alpha value is -4.12. The quantitative estimate of drug-likeness (QED) is 0.142. The zero-order valence-electron chi connectivity index (χ0n) is 42.7. The second-order valence-corrected chi connectivity index (χ2v) is 22.1. The maximum Gasteiger partial charge on any atom is 0.102 e. The molecule has 0 amide bonds. The smallest absolute Gasteiger partial charge is 0.102 e. The van der Waals surface area contributed by atoms with E-state index in [1.807, 2.05) is 12.1 Å². The van der Waals surface area contributed by atoms with Gasteiger partial charge < -0.3 is 8.80 Å². The number of benzene rings is 4. The fourth-order valence-corrected chi connectivity index (χ4v) is 10.4. The Labute approximate surface area is 371 Å². The van der Waals surface area contributed by atoms with Crippen molar-refractivity contribution in [1.82, 2.24) is 23.8 Å². The van der Waals surface area contributed by atoms with E-state index in [0.717, 1.165) is 62.0 Å². The third kappa shape index (κ3) is 5.82. The number of hydrogen-bond acceptors (Lipinski definition) is 3. The first-order chi connectivity index (χ1) is 28.9. The first-order valence-electron chi connectivity index (χ1n) is 23.4. The van der Waals surface area contributed by atoms with E-state index < -0.39 is 0 Å². The van der Waals surface area contributed by atoms with Crippen LogP contribution in [-0.4, -0.2) is 23.8 Å². The molecule has 5 nitrogen and oxygen atoms in total. The molecule has 0 bridgehead atoms. The summed E-state index contributed by atoms with van der Waals surface area (Å²) in [7, 11) is 0. The van der Waals surface area contributed by atoms with Crippen LogP contribution in [0.5, 0.6) is 0 Å². The average molecular weight is 965 g/mol. The fraction of sp³-hybridized carbons (Fsp3) is 0.453.